The van der Waals surface area contributed by atoms with Gasteiger partial charge in [-0.15, -0.1) is 11.3 Å². The van der Waals surface area contributed by atoms with Gasteiger partial charge in [-0.05, 0) is 54.5 Å². The summed E-state index contributed by atoms with van der Waals surface area (Å²) in [6, 6.07) is 10.7. The molecule has 1 aromatic heterocycles. The third-order valence-electron chi connectivity index (χ3n) is 3.66. The average Bonchev–Trinajstić information content (AvgIpc) is 3.13. The minimum absolute atomic E-state index is 0.282. The van der Waals surface area contributed by atoms with Gasteiger partial charge in [0.25, 0.3) is 5.91 Å². The molecule has 0 aliphatic rings. The second-order valence-corrected chi connectivity index (χ2v) is 7.34. The fraction of sp³-hybridized carbons (Fsp3) is 0.400. The average molecular weight is 375 g/mol. The molecule has 0 spiro atoms. The molecule has 6 heteroatoms. The summed E-state index contributed by atoms with van der Waals surface area (Å²) in [5, 5.41) is 4.74. The molecule has 140 valence electrons. The van der Waals surface area contributed by atoms with Gasteiger partial charge >= 0.3 is 5.97 Å². The third-order valence-corrected chi connectivity index (χ3v) is 4.60. The third kappa shape index (κ3) is 7.27. The summed E-state index contributed by atoms with van der Waals surface area (Å²) in [4.78, 5) is 24.9. The van der Waals surface area contributed by atoms with E-state index in [1.165, 1.54) is 4.88 Å². The lowest BCUT2D eigenvalue weighted by Crippen LogP contribution is -2.30. The Morgan fingerprint density at radius 3 is 2.58 bits per heavy atom. The number of carbonyl (C=O) groups excluding carboxylic acids is 2. The number of benzene rings is 1. The highest BCUT2D eigenvalue weighted by Gasteiger charge is 2.10. The summed E-state index contributed by atoms with van der Waals surface area (Å²) < 4.78 is 10.7. The van der Waals surface area contributed by atoms with Crippen LogP contribution in [0.2, 0.25) is 0 Å². The standard InChI is InChI=1S/C20H25NO4S/c1-15(2)10-12-24-17-7-5-16(6-8-17)20(23)25-14-19(22)21-11-9-18-4-3-13-26-18/h3-8,13,15H,9-12,14H2,1-2H3,(H,21,22). The summed E-state index contributed by atoms with van der Waals surface area (Å²) >= 11 is 1.65. The van der Waals surface area contributed by atoms with E-state index in [9.17, 15) is 9.59 Å². The number of thiophene rings is 1. The van der Waals surface area contributed by atoms with Gasteiger partial charge in [0.1, 0.15) is 5.75 Å². The molecule has 0 radical (unpaired) electrons. The van der Waals surface area contributed by atoms with Crippen molar-refractivity contribution in [2.75, 3.05) is 19.8 Å². The van der Waals surface area contributed by atoms with Crippen LogP contribution in [0, 0.1) is 5.92 Å². The van der Waals surface area contributed by atoms with Crippen molar-refractivity contribution in [1.29, 1.82) is 0 Å². The first-order chi connectivity index (χ1) is 12.5. The number of amides is 1. The zero-order valence-corrected chi connectivity index (χ0v) is 16.0. The first-order valence-corrected chi connectivity index (χ1v) is 9.61. The van der Waals surface area contributed by atoms with Crippen LogP contribution in [0.5, 0.6) is 5.75 Å². The van der Waals surface area contributed by atoms with Crippen molar-refractivity contribution in [1.82, 2.24) is 5.32 Å². The Morgan fingerprint density at radius 2 is 1.92 bits per heavy atom. The Hall–Kier alpha value is -2.34. The molecule has 1 aromatic carbocycles. The van der Waals surface area contributed by atoms with Gasteiger partial charge in [0.2, 0.25) is 0 Å². The zero-order chi connectivity index (χ0) is 18.8. The maximum atomic E-state index is 12.0. The molecule has 0 unspecified atom stereocenters. The first kappa shape index (κ1) is 20.0. The van der Waals surface area contributed by atoms with Gasteiger partial charge in [-0.25, -0.2) is 4.79 Å². The molecule has 0 saturated carbocycles. The van der Waals surface area contributed by atoms with Crippen LogP contribution in [0.1, 0.15) is 35.5 Å². The molecule has 0 bridgehead atoms. The SMILES string of the molecule is CC(C)CCOc1ccc(C(=O)OCC(=O)NCCc2cccs2)cc1. The van der Waals surface area contributed by atoms with Crippen LogP contribution in [-0.2, 0) is 16.0 Å². The first-order valence-electron chi connectivity index (χ1n) is 8.73. The molecule has 0 saturated heterocycles. The monoisotopic (exact) mass is 375 g/mol. The molecule has 1 heterocycles. The van der Waals surface area contributed by atoms with Crippen LogP contribution in [0.25, 0.3) is 0 Å². The Morgan fingerprint density at radius 1 is 1.15 bits per heavy atom. The fourth-order valence-corrected chi connectivity index (χ4v) is 2.85. The van der Waals surface area contributed by atoms with Gasteiger partial charge < -0.3 is 14.8 Å². The van der Waals surface area contributed by atoms with Gasteiger partial charge in [0, 0.05) is 11.4 Å². The molecule has 26 heavy (non-hydrogen) atoms. The number of rotatable bonds is 10. The predicted octanol–water partition coefficient (Wildman–Crippen LogP) is 3.69. The quantitative estimate of drug-likeness (QED) is 0.643. The second-order valence-electron chi connectivity index (χ2n) is 6.31. The molecule has 0 atom stereocenters. The number of carbonyl (C=O) groups is 2. The topological polar surface area (TPSA) is 64.6 Å². The van der Waals surface area contributed by atoms with E-state index in [4.69, 9.17) is 9.47 Å². The molecule has 5 nitrogen and oxygen atoms in total. The molecule has 2 rings (SSSR count). The van der Waals surface area contributed by atoms with Crippen LogP contribution in [0.3, 0.4) is 0 Å². The number of esters is 1. The van der Waals surface area contributed by atoms with E-state index in [0.29, 0.717) is 30.4 Å². The number of hydrogen-bond acceptors (Lipinski definition) is 5. The molecule has 0 aliphatic carbocycles. The van der Waals surface area contributed by atoms with Crippen LogP contribution in [0.4, 0.5) is 0 Å². The lowest BCUT2D eigenvalue weighted by atomic mass is 10.1. The van der Waals surface area contributed by atoms with E-state index < -0.39 is 5.97 Å². The van der Waals surface area contributed by atoms with Crippen LogP contribution >= 0.6 is 11.3 Å². The van der Waals surface area contributed by atoms with E-state index >= 15 is 0 Å². The van der Waals surface area contributed by atoms with Crippen LogP contribution < -0.4 is 10.1 Å². The van der Waals surface area contributed by atoms with Crippen molar-refractivity contribution in [3.8, 4) is 5.75 Å². The second kappa shape index (κ2) is 10.6. The smallest absolute Gasteiger partial charge is 0.338 e. The van der Waals surface area contributed by atoms with Gasteiger partial charge in [-0.3, -0.25) is 4.79 Å². The fourth-order valence-electron chi connectivity index (χ4n) is 2.15. The minimum atomic E-state index is -0.521. The van der Waals surface area contributed by atoms with Gasteiger partial charge in [-0.2, -0.15) is 0 Å². The van der Waals surface area contributed by atoms with E-state index in [1.54, 1.807) is 35.6 Å². The lowest BCUT2D eigenvalue weighted by Gasteiger charge is -2.09. The van der Waals surface area contributed by atoms with E-state index in [0.717, 1.165) is 12.8 Å². The largest absolute Gasteiger partial charge is 0.494 e. The van der Waals surface area contributed by atoms with E-state index in [2.05, 4.69) is 19.2 Å². The molecule has 1 amide bonds. The molecule has 0 aliphatic heterocycles. The maximum Gasteiger partial charge on any atom is 0.338 e. The Labute approximate surface area is 158 Å². The molecule has 1 N–H and O–H groups in total. The van der Waals surface area contributed by atoms with Crippen molar-refractivity contribution in [3.05, 3.63) is 52.2 Å². The van der Waals surface area contributed by atoms with Crippen LogP contribution in [0.15, 0.2) is 41.8 Å². The summed E-state index contributed by atoms with van der Waals surface area (Å²) in [5.74, 6) is 0.477. The Balaban J connectivity index is 1.67. The van der Waals surface area contributed by atoms with Crippen LogP contribution in [-0.4, -0.2) is 31.6 Å². The highest BCUT2D eigenvalue weighted by Crippen LogP contribution is 2.14. The summed E-state index contributed by atoms with van der Waals surface area (Å²) in [5.41, 5.74) is 0.396. The highest BCUT2D eigenvalue weighted by atomic mass is 32.1. The number of hydrogen-bond donors (Lipinski definition) is 1. The number of ether oxygens (including phenoxy) is 2. The predicted molar refractivity (Wildman–Crippen MR) is 103 cm³/mol. The lowest BCUT2D eigenvalue weighted by molar-refractivity contribution is -0.124. The van der Waals surface area contributed by atoms with E-state index in [-0.39, 0.29) is 12.5 Å². The van der Waals surface area contributed by atoms with E-state index in [1.807, 2.05) is 17.5 Å². The van der Waals surface area contributed by atoms with Gasteiger partial charge in [0.05, 0.1) is 12.2 Å². The van der Waals surface area contributed by atoms with Crippen molar-refractivity contribution >= 4 is 23.2 Å². The molecule has 2 aromatic rings. The maximum absolute atomic E-state index is 12.0. The molecular formula is C20H25NO4S. The summed E-state index contributed by atoms with van der Waals surface area (Å²) in [6.07, 6.45) is 1.75. The Kier molecular flexibility index (Phi) is 8.15. The molecule has 0 fully saturated rings. The van der Waals surface area contributed by atoms with Crippen molar-refractivity contribution in [3.63, 3.8) is 0 Å². The zero-order valence-electron chi connectivity index (χ0n) is 15.2. The van der Waals surface area contributed by atoms with Crippen molar-refractivity contribution in [2.45, 2.75) is 26.7 Å². The van der Waals surface area contributed by atoms with Crippen molar-refractivity contribution in [2.24, 2.45) is 5.92 Å². The molecular weight excluding hydrogens is 350 g/mol. The van der Waals surface area contributed by atoms with Gasteiger partial charge in [-0.1, -0.05) is 19.9 Å². The van der Waals surface area contributed by atoms with Gasteiger partial charge in [0.15, 0.2) is 6.61 Å². The van der Waals surface area contributed by atoms with Crippen molar-refractivity contribution < 1.29 is 19.1 Å². The minimum Gasteiger partial charge on any atom is -0.494 e. The summed E-state index contributed by atoms with van der Waals surface area (Å²) in [6.45, 7) is 5.17. The normalized spacial score (nSPS) is 10.6. The number of nitrogens with one attached hydrogen (secondary N) is 1. The highest BCUT2D eigenvalue weighted by molar-refractivity contribution is 7.09. The summed E-state index contributed by atoms with van der Waals surface area (Å²) in [7, 11) is 0. The Bertz CT molecular complexity index is 680.